The van der Waals surface area contributed by atoms with Gasteiger partial charge < -0.3 is 4.52 Å². The molecule has 0 bridgehead atoms. The van der Waals surface area contributed by atoms with Gasteiger partial charge in [-0.2, -0.15) is 0 Å². The summed E-state index contributed by atoms with van der Waals surface area (Å²) >= 11 is 0. The van der Waals surface area contributed by atoms with Crippen molar-refractivity contribution in [2.45, 2.75) is 0 Å². The maximum atomic E-state index is 13.0. The Hall–Kier alpha value is -1.71. The highest BCUT2D eigenvalue weighted by Crippen LogP contribution is 2.18. The number of hydrogen-bond donors (Lipinski definition) is 0. The molecule has 0 spiro atoms. The van der Waals surface area contributed by atoms with E-state index < -0.39 is 5.82 Å². The van der Waals surface area contributed by atoms with Gasteiger partial charge >= 0.3 is 0 Å². The van der Waals surface area contributed by atoms with E-state index in [1.165, 1.54) is 12.3 Å². The van der Waals surface area contributed by atoms with Crippen LogP contribution in [0.2, 0.25) is 0 Å². The van der Waals surface area contributed by atoms with E-state index in [4.69, 9.17) is 4.52 Å². The Balaban J connectivity index is 2.83. The van der Waals surface area contributed by atoms with E-state index in [9.17, 15) is 9.18 Å². The summed E-state index contributed by atoms with van der Waals surface area (Å²) in [5.74, 6) is -0.490. The van der Waals surface area contributed by atoms with Crippen LogP contribution >= 0.6 is 0 Å². The lowest BCUT2D eigenvalue weighted by molar-refractivity contribution is 0.112. The Morgan fingerprint density at radius 1 is 1.50 bits per heavy atom. The predicted octanol–water partition coefficient (Wildman–Crippen LogP) is 1.78. The lowest BCUT2D eigenvalue weighted by Gasteiger charge is -1.90. The molecule has 2 rings (SSSR count). The molecular weight excluding hydrogens is 161 g/mol. The van der Waals surface area contributed by atoms with E-state index in [0.29, 0.717) is 11.7 Å². The Bertz CT molecular complexity index is 436. The van der Waals surface area contributed by atoms with Crippen LogP contribution in [-0.4, -0.2) is 11.4 Å². The number of nitrogens with zero attached hydrogens (tertiary/aromatic N) is 1. The number of carbonyl (C=O) groups excluding carboxylic acids is 1. The molecule has 4 heteroatoms. The number of carbonyl (C=O) groups is 1. The van der Waals surface area contributed by atoms with Crippen LogP contribution in [0.4, 0.5) is 4.39 Å². The zero-order chi connectivity index (χ0) is 8.55. The highest BCUT2D eigenvalue weighted by atomic mass is 19.1. The molecule has 0 aliphatic carbocycles. The monoisotopic (exact) mass is 165 g/mol. The van der Waals surface area contributed by atoms with Crippen molar-refractivity contribution in [3.63, 3.8) is 0 Å². The highest BCUT2D eigenvalue weighted by molar-refractivity contribution is 5.85. The lowest BCUT2D eigenvalue weighted by Crippen LogP contribution is -1.82. The molecule has 0 unspecified atom stereocenters. The Morgan fingerprint density at radius 2 is 2.33 bits per heavy atom. The van der Waals surface area contributed by atoms with Crippen LogP contribution in [-0.2, 0) is 0 Å². The minimum Gasteiger partial charge on any atom is -0.356 e. The van der Waals surface area contributed by atoms with Crippen LogP contribution < -0.4 is 0 Å². The summed E-state index contributed by atoms with van der Waals surface area (Å²) < 4.78 is 17.7. The van der Waals surface area contributed by atoms with Crippen LogP contribution in [0.3, 0.4) is 0 Å². The van der Waals surface area contributed by atoms with E-state index in [1.807, 2.05) is 0 Å². The topological polar surface area (TPSA) is 43.1 Å². The first-order valence-electron chi connectivity index (χ1n) is 3.30. The van der Waals surface area contributed by atoms with E-state index in [2.05, 4.69) is 5.16 Å². The van der Waals surface area contributed by atoms with Crippen molar-refractivity contribution in [3.8, 4) is 0 Å². The molecule has 2 aromatic rings. The summed E-state index contributed by atoms with van der Waals surface area (Å²) in [6.07, 6.45) is 1.84. The molecule has 1 heterocycles. The molecule has 0 radical (unpaired) electrons. The van der Waals surface area contributed by atoms with Gasteiger partial charge in [0.25, 0.3) is 0 Å². The van der Waals surface area contributed by atoms with Crippen LogP contribution in [0.25, 0.3) is 11.0 Å². The van der Waals surface area contributed by atoms with Gasteiger partial charge in [-0.05, 0) is 12.1 Å². The molecule has 1 aromatic heterocycles. The summed E-state index contributed by atoms with van der Waals surface area (Å²) in [6, 6.07) is 2.59. The largest absolute Gasteiger partial charge is 0.356 e. The minimum absolute atomic E-state index is 0.247. The normalized spacial score (nSPS) is 10.4. The first-order valence-corrected chi connectivity index (χ1v) is 3.30. The molecule has 60 valence electrons. The average Bonchev–Trinajstić information content (AvgIpc) is 2.52. The maximum Gasteiger partial charge on any atom is 0.170 e. The zero-order valence-electron chi connectivity index (χ0n) is 5.95. The summed E-state index contributed by atoms with van der Waals surface area (Å²) in [7, 11) is 0. The number of benzene rings is 1. The van der Waals surface area contributed by atoms with E-state index in [1.54, 1.807) is 0 Å². The van der Waals surface area contributed by atoms with Crippen LogP contribution in [0.15, 0.2) is 22.9 Å². The van der Waals surface area contributed by atoms with Crippen LogP contribution in [0, 0.1) is 5.82 Å². The molecule has 0 amide bonds. The maximum absolute atomic E-state index is 13.0. The molecule has 0 saturated carbocycles. The third-order valence-electron chi connectivity index (χ3n) is 1.58. The minimum atomic E-state index is -0.490. The van der Waals surface area contributed by atoms with Crippen molar-refractivity contribution in [3.05, 3.63) is 29.7 Å². The summed E-state index contributed by atoms with van der Waals surface area (Å²) in [6.45, 7) is 0. The Labute approximate surface area is 66.8 Å². The summed E-state index contributed by atoms with van der Waals surface area (Å²) in [5.41, 5.74) is 0.536. The number of hydrogen-bond acceptors (Lipinski definition) is 3. The third kappa shape index (κ3) is 0.887. The fourth-order valence-corrected chi connectivity index (χ4v) is 1.02. The molecule has 3 nitrogen and oxygen atoms in total. The van der Waals surface area contributed by atoms with Crippen molar-refractivity contribution < 1.29 is 13.7 Å². The average molecular weight is 165 g/mol. The number of halogens is 1. The predicted molar refractivity (Wildman–Crippen MR) is 39.4 cm³/mol. The molecule has 12 heavy (non-hydrogen) atoms. The van der Waals surface area contributed by atoms with Crippen LogP contribution in [0.5, 0.6) is 0 Å². The molecule has 1 aromatic carbocycles. The zero-order valence-corrected chi connectivity index (χ0v) is 5.95. The van der Waals surface area contributed by atoms with E-state index in [-0.39, 0.29) is 11.1 Å². The molecule has 0 saturated heterocycles. The fourth-order valence-electron chi connectivity index (χ4n) is 1.02. The van der Waals surface area contributed by atoms with Gasteiger partial charge in [0.1, 0.15) is 12.1 Å². The number of aldehydes is 1. The lowest BCUT2D eigenvalue weighted by atomic mass is 10.2. The van der Waals surface area contributed by atoms with Gasteiger partial charge in [0.05, 0.1) is 11.6 Å². The van der Waals surface area contributed by atoms with Gasteiger partial charge in [-0.25, -0.2) is 4.39 Å². The first kappa shape index (κ1) is 6.97. The van der Waals surface area contributed by atoms with Crippen molar-refractivity contribution in [2.24, 2.45) is 0 Å². The smallest absolute Gasteiger partial charge is 0.170 e. The molecular formula is C8H4FNO2. The van der Waals surface area contributed by atoms with Gasteiger partial charge in [0, 0.05) is 5.56 Å². The van der Waals surface area contributed by atoms with Gasteiger partial charge in [-0.1, -0.05) is 5.16 Å². The van der Waals surface area contributed by atoms with Gasteiger partial charge in [-0.3, -0.25) is 4.79 Å². The van der Waals surface area contributed by atoms with Crippen molar-refractivity contribution in [1.82, 2.24) is 5.16 Å². The molecule has 0 aliphatic heterocycles. The highest BCUT2D eigenvalue weighted by Gasteiger charge is 2.06. The second-order valence-corrected chi connectivity index (χ2v) is 2.36. The summed E-state index contributed by atoms with van der Waals surface area (Å²) in [4.78, 5) is 10.3. The van der Waals surface area contributed by atoms with Crippen LogP contribution in [0.1, 0.15) is 10.4 Å². The number of fused-ring (bicyclic) bond motifs is 1. The SMILES string of the molecule is O=Cc1cc(F)c2cnoc2c1. The molecule has 0 N–H and O–H groups in total. The second-order valence-electron chi connectivity index (χ2n) is 2.36. The third-order valence-corrected chi connectivity index (χ3v) is 1.58. The van der Waals surface area contributed by atoms with Gasteiger partial charge in [0.2, 0.25) is 0 Å². The second kappa shape index (κ2) is 2.41. The fraction of sp³-hybridized carbons (Fsp3) is 0. The van der Waals surface area contributed by atoms with Gasteiger partial charge in [-0.15, -0.1) is 0 Å². The standard InChI is InChI=1S/C8H4FNO2/c9-7-1-5(4-11)2-8-6(7)3-10-12-8/h1-4H. The first-order chi connectivity index (χ1) is 5.81. The quantitative estimate of drug-likeness (QED) is 0.605. The number of aromatic nitrogens is 1. The molecule has 0 atom stereocenters. The van der Waals surface area contributed by atoms with Crippen molar-refractivity contribution in [2.75, 3.05) is 0 Å². The Kier molecular flexibility index (Phi) is 1.40. The Morgan fingerprint density at radius 3 is 3.08 bits per heavy atom. The number of rotatable bonds is 1. The van der Waals surface area contributed by atoms with Crippen molar-refractivity contribution in [1.29, 1.82) is 0 Å². The molecule has 0 aliphatic rings. The van der Waals surface area contributed by atoms with Crippen molar-refractivity contribution >= 4 is 17.3 Å². The van der Waals surface area contributed by atoms with E-state index in [0.717, 1.165) is 6.07 Å². The molecule has 0 fully saturated rings. The summed E-state index contributed by atoms with van der Waals surface area (Å²) in [5, 5.41) is 3.70. The van der Waals surface area contributed by atoms with E-state index >= 15 is 0 Å². The van der Waals surface area contributed by atoms with Gasteiger partial charge in [0.15, 0.2) is 5.58 Å².